The highest BCUT2D eigenvalue weighted by Crippen LogP contribution is 2.40. The summed E-state index contributed by atoms with van der Waals surface area (Å²) < 4.78 is 13.7. The number of rotatable bonds is 12. The molecule has 0 saturated carbocycles. The lowest BCUT2D eigenvalue weighted by atomic mass is 10.0. The van der Waals surface area contributed by atoms with E-state index < -0.39 is 12.2 Å². The van der Waals surface area contributed by atoms with Gasteiger partial charge in [0.05, 0.1) is 18.8 Å². The summed E-state index contributed by atoms with van der Waals surface area (Å²) in [4.78, 5) is 23.5. The van der Waals surface area contributed by atoms with Crippen LogP contribution in [-0.4, -0.2) is 44.2 Å². The summed E-state index contributed by atoms with van der Waals surface area (Å²) in [5.41, 5.74) is 4.84. The Labute approximate surface area is 235 Å². The molecular formula is C27H32N4O6S2. The van der Waals surface area contributed by atoms with Crippen LogP contribution in [0, 0.1) is 6.92 Å². The third kappa shape index (κ3) is 8.82. The molecule has 0 radical (unpaired) electrons. The predicted octanol–water partition coefficient (Wildman–Crippen LogP) is 4.68. The van der Waals surface area contributed by atoms with E-state index in [0.717, 1.165) is 26.0 Å². The van der Waals surface area contributed by atoms with Gasteiger partial charge in [0.15, 0.2) is 10.6 Å². The Morgan fingerprint density at radius 3 is 2.51 bits per heavy atom. The molecule has 1 aliphatic heterocycles. The van der Waals surface area contributed by atoms with Crippen LogP contribution in [-0.2, 0) is 25.7 Å². The largest absolute Gasteiger partial charge is 0.392 e. The van der Waals surface area contributed by atoms with E-state index in [-0.39, 0.29) is 37.6 Å². The molecule has 2 amide bonds. The monoisotopic (exact) mass is 572 g/mol. The van der Waals surface area contributed by atoms with E-state index in [1.807, 2.05) is 49.4 Å². The maximum Gasteiger partial charge on any atom is 0.243 e. The summed E-state index contributed by atoms with van der Waals surface area (Å²) in [6.07, 6.45) is 1.13. The molecule has 1 aliphatic rings. The van der Waals surface area contributed by atoms with Crippen LogP contribution in [0.4, 0.5) is 5.69 Å². The topological polar surface area (TPSA) is 143 Å². The van der Waals surface area contributed by atoms with Gasteiger partial charge in [-0.25, -0.2) is 5.48 Å². The number of ether oxygens (including phenoxy) is 2. The van der Waals surface area contributed by atoms with Crippen molar-refractivity contribution in [2.45, 2.75) is 68.5 Å². The first-order valence-electron chi connectivity index (χ1n) is 12.7. The van der Waals surface area contributed by atoms with E-state index in [2.05, 4.69) is 15.5 Å². The van der Waals surface area contributed by atoms with Crippen LogP contribution in [0.3, 0.4) is 0 Å². The molecule has 1 saturated heterocycles. The number of aromatic nitrogens is 2. The fourth-order valence-electron chi connectivity index (χ4n) is 4.14. The Balaban J connectivity index is 1.43. The Hall–Kier alpha value is -2.87. The number of carbonyl (C=O) groups excluding carboxylic acids is 2. The molecule has 1 aromatic heterocycles. The van der Waals surface area contributed by atoms with Gasteiger partial charge in [0.2, 0.25) is 11.8 Å². The minimum Gasteiger partial charge on any atom is -0.392 e. The van der Waals surface area contributed by atoms with E-state index in [4.69, 9.17) is 14.7 Å². The van der Waals surface area contributed by atoms with Crippen molar-refractivity contribution in [2.24, 2.45) is 0 Å². The number of anilines is 1. The molecule has 0 unspecified atom stereocenters. The average molecular weight is 573 g/mol. The van der Waals surface area contributed by atoms with E-state index in [1.54, 1.807) is 34.6 Å². The minimum atomic E-state index is -0.642. The molecule has 4 N–H and O–H groups in total. The zero-order valence-electron chi connectivity index (χ0n) is 21.5. The second-order valence-corrected chi connectivity index (χ2v) is 11.6. The molecule has 1 fully saturated rings. The van der Waals surface area contributed by atoms with Gasteiger partial charge in [-0.3, -0.25) is 14.8 Å². The second kappa shape index (κ2) is 14.5. The summed E-state index contributed by atoms with van der Waals surface area (Å²) in [7, 11) is 0. The van der Waals surface area contributed by atoms with Gasteiger partial charge in [-0.1, -0.05) is 59.5 Å². The van der Waals surface area contributed by atoms with Gasteiger partial charge >= 0.3 is 0 Å². The Kier molecular flexibility index (Phi) is 10.8. The van der Waals surface area contributed by atoms with Gasteiger partial charge in [-0.15, -0.1) is 10.2 Å². The lowest BCUT2D eigenvalue weighted by Crippen LogP contribution is -2.31. The Morgan fingerprint density at radius 1 is 1.05 bits per heavy atom. The maximum atomic E-state index is 12.4. The fourth-order valence-corrected chi connectivity index (χ4v) is 6.00. The van der Waals surface area contributed by atoms with E-state index in [9.17, 15) is 14.7 Å². The third-order valence-electron chi connectivity index (χ3n) is 6.14. The van der Waals surface area contributed by atoms with Crippen molar-refractivity contribution in [1.82, 2.24) is 15.7 Å². The average Bonchev–Trinajstić information content (AvgIpc) is 3.39. The third-order valence-corrected chi connectivity index (χ3v) is 8.24. The highest BCUT2D eigenvalue weighted by atomic mass is 32.2. The van der Waals surface area contributed by atoms with Crippen molar-refractivity contribution >= 4 is 40.6 Å². The number of aliphatic hydroxyl groups is 1. The maximum absolute atomic E-state index is 12.4. The van der Waals surface area contributed by atoms with Crippen molar-refractivity contribution in [2.75, 3.05) is 11.1 Å². The highest BCUT2D eigenvalue weighted by molar-refractivity contribution is 8.01. The van der Waals surface area contributed by atoms with Crippen molar-refractivity contribution in [3.63, 3.8) is 0 Å². The summed E-state index contributed by atoms with van der Waals surface area (Å²) in [5, 5.41) is 30.1. The van der Waals surface area contributed by atoms with E-state index in [1.165, 1.54) is 0 Å². The zero-order chi connectivity index (χ0) is 27.6. The molecule has 0 spiro atoms. The summed E-state index contributed by atoms with van der Waals surface area (Å²) in [6.45, 7) is 1.91. The predicted molar refractivity (Wildman–Crippen MR) is 147 cm³/mol. The normalized spacial score (nSPS) is 19.0. The molecule has 0 aliphatic carbocycles. The molecule has 3 aromatic rings. The van der Waals surface area contributed by atoms with Crippen molar-refractivity contribution in [3.8, 4) is 0 Å². The smallest absolute Gasteiger partial charge is 0.243 e. The van der Waals surface area contributed by atoms with Gasteiger partial charge in [0, 0.05) is 36.3 Å². The molecule has 10 nitrogen and oxygen atoms in total. The number of nitrogens with zero attached hydrogens (tertiary/aromatic N) is 2. The number of benzene rings is 2. The van der Waals surface area contributed by atoms with Crippen LogP contribution in [0.1, 0.15) is 66.2 Å². The molecule has 12 heteroatoms. The number of aliphatic hydroxyl groups excluding tert-OH is 1. The molecule has 4 rings (SSSR count). The molecule has 2 aromatic carbocycles. The molecule has 39 heavy (non-hydrogen) atoms. The van der Waals surface area contributed by atoms with Gasteiger partial charge in [-0.05, 0) is 43.0 Å². The molecule has 208 valence electrons. The van der Waals surface area contributed by atoms with Crippen molar-refractivity contribution in [1.29, 1.82) is 0 Å². The summed E-state index contributed by atoms with van der Waals surface area (Å²) in [6, 6.07) is 15.1. The van der Waals surface area contributed by atoms with Crippen LogP contribution < -0.4 is 10.8 Å². The number of hydroxylamine groups is 1. The standard InChI is InChI=1S/C27H32N4O6S2/c1-17-29-30-27(39-17)38-16-22-14-23(19-11-9-18(15-32)10-12-19)37-26(36-22)20-5-4-6-21(13-20)28-24(33)7-2-3-8-25(34)31-35/h4-6,9-13,22-23,26,32,35H,2-3,7-8,14-16H2,1H3,(H,28,33)(H,31,34)/t22-,23+,26+/m0/s1. The van der Waals surface area contributed by atoms with Gasteiger partial charge < -0.3 is 19.9 Å². The molecule has 3 atom stereocenters. The molecule has 0 bridgehead atoms. The number of hydrogen-bond donors (Lipinski definition) is 4. The summed E-state index contributed by atoms with van der Waals surface area (Å²) >= 11 is 3.16. The van der Waals surface area contributed by atoms with Crippen LogP contribution >= 0.6 is 23.1 Å². The minimum absolute atomic E-state index is 0.0193. The van der Waals surface area contributed by atoms with Gasteiger partial charge in [-0.2, -0.15) is 0 Å². The highest BCUT2D eigenvalue weighted by Gasteiger charge is 2.32. The van der Waals surface area contributed by atoms with Crippen LogP contribution in [0.15, 0.2) is 52.9 Å². The van der Waals surface area contributed by atoms with Crippen LogP contribution in [0.5, 0.6) is 0 Å². The number of hydrogen-bond acceptors (Lipinski definition) is 10. The number of unbranched alkanes of at least 4 members (excludes halogenated alkanes) is 1. The fraction of sp³-hybridized carbons (Fsp3) is 0.407. The van der Waals surface area contributed by atoms with Crippen molar-refractivity contribution < 1.29 is 29.4 Å². The van der Waals surface area contributed by atoms with Crippen LogP contribution in [0.2, 0.25) is 0 Å². The Morgan fingerprint density at radius 2 is 1.82 bits per heavy atom. The first-order chi connectivity index (χ1) is 18.9. The quantitative estimate of drug-likeness (QED) is 0.105. The first kappa shape index (κ1) is 29.1. The number of aryl methyl sites for hydroxylation is 1. The zero-order valence-corrected chi connectivity index (χ0v) is 23.2. The SMILES string of the molecule is Cc1nnc(SC[C@@H]2C[C@H](c3ccc(CO)cc3)O[C@H](c3cccc(NC(=O)CCCCC(=O)NO)c3)O2)s1. The lowest BCUT2D eigenvalue weighted by Gasteiger charge is -2.36. The molecule has 2 heterocycles. The Bertz CT molecular complexity index is 1240. The number of nitrogens with one attached hydrogen (secondary N) is 2. The number of carbonyl (C=O) groups is 2. The van der Waals surface area contributed by atoms with E-state index >= 15 is 0 Å². The van der Waals surface area contributed by atoms with Gasteiger partial charge in [0.25, 0.3) is 0 Å². The summed E-state index contributed by atoms with van der Waals surface area (Å²) in [5.74, 6) is 0.0589. The number of amides is 2. The lowest BCUT2D eigenvalue weighted by molar-refractivity contribution is -0.245. The van der Waals surface area contributed by atoms with E-state index in [0.29, 0.717) is 30.7 Å². The van der Waals surface area contributed by atoms with Crippen LogP contribution in [0.25, 0.3) is 0 Å². The molecular weight excluding hydrogens is 540 g/mol. The first-order valence-corrected chi connectivity index (χ1v) is 14.5. The number of thioether (sulfide) groups is 1. The van der Waals surface area contributed by atoms with Crippen molar-refractivity contribution in [3.05, 3.63) is 70.2 Å². The second-order valence-electron chi connectivity index (χ2n) is 9.16. The van der Waals surface area contributed by atoms with Gasteiger partial charge in [0.1, 0.15) is 5.01 Å².